The molecule has 3 aromatic rings. The quantitative estimate of drug-likeness (QED) is 0.479. The summed E-state index contributed by atoms with van der Waals surface area (Å²) >= 11 is 6.11. The zero-order valence-electron chi connectivity index (χ0n) is 20.8. The Morgan fingerprint density at radius 3 is 2.42 bits per heavy atom. The van der Waals surface area contributed by atoms with Crippen LogP contribution in [0.5, 0.6) is 23.0 Å². The lowest BCUT2D eigenvalue weighted by Crippen LogP contribution is -2.34. The molecule has 2 N–H and O–H groups in total. The molecule has 0 aromatic heterocycles. The zero-order chi connectivity index (χ0) is 25.1. The fourth-order valence-electron chi connectivity index (χ4n) is 5.09. The van der Waals surface area contributed by atoms with Crippen LogP contribution in [0.25, 0.3) is 11.1 Å². The highest BCUT2D eigenvalue weighted by molar-refractivity contribution is 6.30. The molecule has 1 saturated heterocycles. The third-order valence-corrected chi connectivity index (χ3v) is 7.18. The molecule has 0 amide bonds. The molecule has 0 spiro atoms. The summed E-state index contributed by atoms with van der Waals surface area (Å²) in [6, 6.07) is 18.5. The Morgan fingerprint density at radius 2 is 1.67 bits per heavy atom. The fraction of sp³-hybridized carbons (Fsp3) is 0.357. The highest BCUT2D eigenvalue weighted by Crippen LogP contribution is 2.40. The van der Waals surface area contributed by atoms with Gasteiger partial charge in [0.15, 0.2) is 23.0 Å². The van der Waals surface area contributed by atoms with Gasteiger partial charge in [-0.25, -0.2) is 5.43 Å². The van der Waals surface area contributed by atoms with E-state index in [1.165, 1.54) is 5.56 Å². The molecule has 2 atom stereocenters. The van der Waals surface area contributed by atoms with Gasteiger partial charge >= 0.3 is 0 Å². The molecule has 190 valence electrons. The third-order valence-electron chi connectivity index (χ3n) is 6.93. The number of halogens is 1. The van der Waals surface area contributed by atoms with Crippen molar-refractivity contribution in [3.8, 4) is 34.1 Å². The van der Waals surface area contributed by atoms with Gasteiger partial charge in [-0.1, -0.05) is 29.8 Å². The average Bonchev–Trinajstić information content (AvgIpc) is 3.26. The van der Waals surface area contributed by atoms with Crippen molar-refractivity contribution in [2.24, 2.45) is 5.92 Å². The van der Waals surface area contributed by atoms with Gasteiger partial charge < -0.3 is 18.9 Å². The number of hydrogen-bond donors (Lipinski definition) is 2. The van der Waals surface area contributed by atoms with E-state index in [4.69, 9.17) is 30.5 Å². The smallest absolute Gasteiger partial charge is 0.165 e. The number of nitrogens with one attached hydrogen (secondary N) is 2. The van der Waals surface area contributed by atoms with Crippen LogP contribution in [-0.4, -0.2) is 52.5 Å². The molecule has 0 radical (unpaired) electrons. The molecule has 7 nitrogen and oxygen atoms in total. The van der Waals surface area contributed by atoms with E-state index in [9.17, 15) is 0 Å². The Morgan fingerprint density at radius 1 is 0.917 bits per heavy atom. The summed E-state index contributed by atoms with van der Waals surface area (Å²) in [5.41, 5.74) is 11.2. The molecule has 36 heavy (non-hydrogen) atoms. The van der Waals surface area contributed by atoms with Crippen molar-refractivity contribution in [3.63, 3.8) is 0 Å². The van der Waals surface area contributed by atoms with E-state index < -0.39 is 0 Å². The number of hydrazine groups is 1. The number of fused-ring (bicyclic) bond motifs is 1. The number of hydrogen-bond acceptors (Lipinski definition) is 7. The van der Waals surface area contributed by atoms with Crippen molar-refractivity contribution in [3.05, 3.63) is 70.7 Å². The maximum absolute atomic E-state index is 6.20. The molecule has 3 aromatic carbocycles. The van der Waals surface area contributed by atoms with Gasteiger partial charge in [-0.15, -0.1) is 0 Å². The summed E-state index contributed by atoms with van der Waals surface area (Å²) in [6.07, 6.45) is 0. The van der Waals surface area contributed by atoms with Crippen molar-refractivity contribution in [1.82, 2.24) is 15.8 Å². The minimum Gasteiger partial charge on any atom is -0.493 e. The first-order valence-electron chi connectivity index (χ1n) is 12.1. The zero-order valence-corrected chi connectivity index (χ0v) is 21.6. The lowest BCUT2D eigenvalue weighted by atomic mass is 9.94. The molecule has 5 rings (SSSR count). The molecule has 2 unspecified atom stereocenters. The van der Waals surface area contributed by atoms with Crippen LogP contribution in [0.1, 0.15) is 17.2 Å². The second kappa shape index (κ2) is 11.0. The van der Waals surface area contributed by atoms with E-state index in [-0.39, 0.29) is 6.04 Å². The van der Waals surface area contributed by atoms with Crippen LogP contribution in [0.3, 0.4) is 0 Å². The van der Waals surface area contributed by atoms with Crippen molar-refractivity contribution in [2.75, 3.05) is 47.6 Å². The molecule has 8 heteroatoms. The van der Waals surface area contributed by atoms with Gasteiger partial charge in [-0.3, -0.25) is 10.3 Å². The Hall–Kier alpha value is -2.97. The molecule has 0 bridgehead atoms. The lowest BCUT2D eigenvalue weighted by Gasteiger charge is -2.26. The van der Waals surface area contributed by atoms with Gasteiger partial charge in [0.2, 0.25) is 0 Å². The molecule has 2 aliphatic rings. The van der Waals surface area contributed by atoms with Crippen LogP contribution in [0, 0.1) is 5.92 Å². The SMILES string of the molecule is COc1ccc(-c2cc3c(c(OC)c2)OCCN(CC2CNNC2c2ccc(Cl)cc2)C3)cc1OC. The summed E-state index contributed by atoms with van der Waals surface area (Å²) in [6.45, 7) is 4.05. The van der Waals surface area contributed by atoms with E-state index in [0.717, 1.165) is 59.4 Å². The molecule has 0 saturated carbocycles. The van der Waals surface area contributed by atoms with Crippen LogP contribution in [-0.2, 0) is 6.54 Å². The summed E-state index contributed by atoms with van der Waals surface area (Å²) < 4.78 is 22.9. The minimum atomic E-state index is 0.221. The van der Waals surface area contributed by atoms with E-state index >= 15 is 0 Å². The van der Waals surface area contributed by atoms with Gasteiger partial charge in [0.25, 0.3) is 0 Å². The minimum absolute atomic E-state index is 0.221. The Balaban J connectivity index is 1.40. The Bertz CT molecular complexity index is 1200. The predicted octanol–water partition coefficient (Wildman–Crippen LogP) is 4.69. The normalized spacial score (nSPS) is 19.8. The van der Waals surface area contributed by atoms with Crippen LogP contribution >= 0.6 is 11.6 Å². The number of benzene rings is 3. The Kier molecular flexibility index (Phi) is 7.53. The maximum atomic E-state index is 6.20. The standard InChI is InChI=1S/C28H32ClN3O4/c1-33-24-9-6-19(13-25(24)34-2)20-12-21-16-32(10-11-36-28(21)26(14-20)35-3)17-22-15-30-31-27(22)18-4-7-23(29)8-5-18/h4-9,12-14,22,27,30-31H,10-11,15-17H2,1-3H3. The van der Waals surface area contributed by atoms with Crippen LogP contribution in [0.2, 0.25) is 5.02 Å². The summed E-state index contributed by atoms with van der Waals surface area (Å²) in [7, 11) is 4.98. The first-order chi connectivity index (χ1) is 17.6. The summed E-state index contributed by atoms with van der Waals surface area (Å²) in [5, 5.41) is 0.752. The van der Waals surface area contributed by atoms with Gasteiger partial charge in [-0.2, -0.15) is 0 Å². The topological polar surface area (TPSA) is 64.2 Å². The maximum Gasteiger partial charge on any atom is 0.165 e. The average molecular weight is 510 g/mol. The van der Waals surface area contributed by atoms with E-state index in [0.29, 0.717) is 24.0 Å². The highest BCUT2D eigenvalue weighted by Gasteiger charge is 2.31. The van der Waals surface area contributed by atoms with Gasteiger partial charge in [0, 0.05) is 42.7 Å². The molecular formula is C28H32ClN3O4. The number of methoxy groups -OCH3 is 3. The molecule has 1 fully saturated rings. The van der Waals surface area contributed by atoms with Crippen LogP contribution in [0.4, 0.5) is 0 Å². The fourth-order valence-corrected chi connectivity index (χ4v) is 5.22. The number of nitrogens with zero attached hydrogens (tertiary/aromatic N) is 1. The monoisotopic (exact) mass is 509 g/mol. The van der Waals surface area contributed by atoms with Crippen LogP contribution in [0.15, 0.2) is 54.6 Å². The van der Waals surface area contributed by atoms with Crippen LogP contribution < -0.4 is 29.8 Å². The van der Waals surface area contributed by atoms with Gasteiger partial charge in [0.1, 0.15) is 6.61 Å². The Labute approximate surface area is 217 Å². The predicted molar refractivity (Wildman–Crippen MR) is 141 cm³/mol. The third kappa shape index (κ3) is 5.11. The van der Waals surface area contributed by atoms with Crippen molar-refractivity contribution >= 4 is 11.6 Å². The summed E-state index contributed by atoms with van der Waals surface area (Å²) in [4.78, 5) is 2.46. The molecule has 0 aliphatic carbocycles. The summed E-state index contributed by atoms with van der Waals surface area (Å²) in [5.74, 6) is 3.36. The van der Waals surface area contributed by atoms with E-state index in [1.54, 1.807) is 21.3 Å². The molecular weight excluding hydrogens is 478 g/mol. The van der Waals surface area contributed by atoms with Crippen molar-refractivity contribution in [2.45, 2.75) is 12.6 Å². The largest absolute Gasteiger partial charge is 0.493 e. The second-order valence-electron chi connectivity index (χ2n) is 9.13. The van der Waals surface area contributed by atoms with Gasteiger partial charge in [-0.05, 0) is 53.1 Å². The first-order valence-corrected chi connectivity index (χ1v) is 12.5. The van der Waals surface area contributed by atoms with E-state index in [2.05, 4.69) is 34.0 Å². The van der Waals surface area contributed by atoms with E-state index in [1.807, 2.05) is 36.4 Å². The highest BCUT2D eigenvalue weighted by atomic mass is 35.5. The molecule has 2 heterocycles. The number of ether oxygens (including phenoxy) is 4. The van der Waals surface area contributed by atoms with Gasteiger partial charge in [0.05, 0.1) is 27.4 Å². The molecule has 2 aliphatic heterocycles. The lowest BCUT2D eigenvalue weighted by molar-refractivity contribution is 0.193. The van der Waals surface area contributed by atoms with Crippen molar-refractivity contribution < 1.29 is 18.9 Å². The van der Waals surface area contributed by atoms with Crippen molar-refractivity contribution in [1.29, 1.82) is 0 Å². The first kappa shape index (κ1) is 24.7. The number of rotatable bonds is 7. The second-order valence-corrected chi connectivity index (χ2v) is 9.57.